The van der Waals surface area contributed by atoms with Gasteiger partial charge in [0.1, 0.15) is 11.5 Å². The van der Waals surface area contributed by atoms with Crippen molar-refractivity contribution in [3.63, 3.8) is 0 Å². The zero-order valence-corrected chi connectivity index (χ0v) is 16.3. The molecule has 0 N–H and O–H groups in total. The number of hydrogen-bond acceptors (Lipinski definition) is 4. The third-order valence-corrected chi connectivity index (χ3v) is 4.12. The van der Waals surface area contributed by atoms with Gasteiger partial charge < -0.3 is 14.2 Å². The highest BCUT2D eigenvalue weighted by atomic mass is 16.5. The molecular formula is C22H28O4. The smallest absolute Gasteiger partial charge is 0.331 e. The minimum absolute atomic E-state index is 0.108. The molecule has 0 atom stereocenters. The van der Waals surface area contributed by atoms with E-state index in [0.717, 1.165) is 34.6 Å². The van der Waals surface area contributed by atoms with Gasteiger partial charge in [0, 0.05) is 17.1 Å². The molecule has 1 aliphatic rings. The first kappa shape index (κ1) is 19.8. The number of carbonyl (C=O) groups excluding carboxylic acids is 1. The van der Waals surface area contributed by atoms with E-state index in [0.29, 0.717) is 13.2 Å². The first-order valence-electron chi connectivity index (χ1n) is 8.98. The van der Waals surface area contributed by atoms with Crippen molar-refractivity contribution < 1.29 is 19.0 Å². The monoisotopic (exact) mass is 356 g/mol. The maximum absolute atomic E-state index is 11.7. The van der Waals surface area contributed by atoms with Crippen LogP contribution in [-0.4, -0.2) is 26.3 Å². The molecule has 140 valence electrons. The summed E-state index contributed by atoms with van der Waals surface area (Å²) >= 11 is 0. The van der Waals surface area contributed by atoms with Gasteiger partial charge in [-0.2, -0.15) is 0 Å². The first-order chi connectivity index (χ1) is 12.4. The van der Waals surface area contributed by atoms with Crippen LogP contribution in [0.4, 0.5) is 0 Å². The van der Waals surface area contributed by atoms with E-state index in [9.17, 15) is 4.79 Å². The van der Waals surface area contributed by atoms with Gasteiger partial charge >= 0.3 is 5.97 Å². The van der Waals surface area contributed by atoms with Crippen LogP contribution in [0.1, 0.15) is 39.7 Å². The van der Waals surface area contributed by atoms with Crippen LogP contribution in [0.2, 0.25) is 0 Å². The van der Waals surface area contributed by atoms with E-state index in [-0.39, 0.29) is 11.4 Å². The van der Waals surface area contributed by atoms with Crippen molar-refractivity contribution in [2.45, 2.75) is 34.1 Å². The zero-order chi connectivity index (χ0) is 19.2. The van der Waals surface area contributed by atoms with Gasteiger partial charge in [-0.15, -0.1) is 0 Å². The van der Waals surface area contributed by atoms with Crippen LogP contribution in [0, 0.1) is 5.41 Å². The lowest BCUT2D eigenvalue weighted by atomic mass is 9.90. The minimum Gasteiger partial charge on any atom is -0.497 e. The fourth-order valence-electron chi connectivity index (χ4n) is 2.73. The SMILES string of the molecule is CCOC(=O)/C=C(\C=C\C1=CC(C)(C)COc2ccc(OC)cc21)CC. The van der Waals surface area contributed by atoms with E-state index in [2.05, 4.69) is 19.9 Å². The topological polar surface area (TPSA) is 44.8 Å². The highest BCUT2D eigenvalue weighted by molar-refractivity contribution is 5.84. The average Bonchev–Trinajstić information content (AvgIpc) is 2.74. The molecule has 2 rings (SSSR count). The summed E-state index contributed by atoms with van der Waals surface area (Å²) in [6.07, 6.45) is 8.49. The molecule has 26 heavy (non-hydrogen) atoms. The van der Waals surface area contributed by atoms with Crippen molar-refractivity contribution in [3.8, 4) is 11.5 Å². The van der Waals surface area contributed by atoms with Crippen LogP contribution in [0.25, 0.3) is 5.57 Å². The van der Waals surface area contributed by atoms with Gasteiger partial charge in [-0.1, -0.05) is 39.0 Å². The molecule has 0 radical (unpaired) electrons. The Morgan fingerprint density at radius 1 is 1.31 bits per heavy atom. The summed E-state index contributed by atoms with van der Waals surface area (Å²) in [5.41, 5.74) is 2.84. The first-order valence-corrected chi connectivity index (χ1v) is 8.98. The summed E-state index contributed by atoms with van der Waals surface area (Å²) in [6.45, 7) is 9.07. The maximum Gasteiger partial charge on any atom is 0.331 e. The number of benzene rings is 1. The van der Waals surface area contributed by atoms with Gasteiger partial charge in [0.2, 0.25) is 0 Å². The molecule has 1 aromatic carbocycles. The number of methoxy groups -OCH3 is 1. The Morgan fingerprint density at radius 2 is 2.08 bits per heavy atom. The van der Waals surface area contributed by atoms with Gasteiger partial charge in [-0.3, -0.25) is 0 Å². The zero-order valence-electron chi connectivity index (χ0n) is 16.3. The van der Waals surface area contributed by atoms with Gasteiger partial charge in [0.25, 0.3) is 0 Å². The van der Waals surface area contributed by atoms with Crippen LogP contribution in [0.15, 0.2) is 48.1 Å². The third kappa shape index (κ3) is 5.25. The number of esters is 1. The number of hydrogen-bond donors (Lipinski definition) is 0. The van der Waals surface area contributed by atoms with E-state index in [1.165, 1.54) is 0 Å². The van der Waals surface area contributed by atoms with Gasteiger partial charge in [-0.25, -0.2) is 4.79 Å². The quantitative estimate of drug-likeness (QED) is 0.411. The lowest BCUT2D eigenvalue weighted by molar-refractivity contribution is -0.137. The molecule has 0 saturated carbocycles. The molecule has 0 bridgehead atoms. The van der Waals surface area contributed by atoms with Crippen LogP contribution >= 0.6 is 0 Å². The van der Waals surface area contributed by atoms with Crippen LogP contribution in [-0.2, 0) is 9.53 Å². The minimum atomic E-state index is -0.311. The van der Waals surface area contributed by atoms with Crippen LogP contribution in [0.3, 0.4) is 0 Å². The maximum atomic E-state index is 11.7. The molecule has 0 amide bonds. The second kappa shape index (κ2) is 8.75. The highest BCUT2D eigenvalue weighted by Crippen LogP contribution is 2.37. The second-order valence-corrected chi connectivity index (χ2v) is 6.90. The lowest BCUT2D eigenvalue weighted by Crippen LogP contribution is -2.17. The number of carbonyl (C=O) groups is 1. The van der Waals surface area contributed by atoms with Crippen LogP contribution in [0.5, 0.6) is 11.5 Å². The van der Waals surface area contributed by atoms with E-state index >= 15 is 0 Å². The Hall–Kier alpha value is -2.49. The molecule has 4 heteroatoms. The molecular weight excluding hydrogens is 328 g/mol. The standard InChI is InChI=1S/C22H28O4/c1-6-16(12-21(23)25-7-2)8-9-17-14-22(3,4)15-26-20-11-10-18(24-5)13-19(17)20/h8-14H,6-7,15H2,1-5H3/b9-8+,16-12-. The second-order valence-electron chi connectivity index (χ2n) is 6.90. The predicted octanol–water partition coefficient (Wildman–Crippen LogP) is 4.95. The number of allylic oxidation sites excluding steroid dienone is 4. The Kier molecular flexibility index (Phi) is 6.67. The normalized spacial score (nSPS) is 16.3. The fraction of sp³-hybridized carbons (Fsp3) is 0.409. The summed E-state index contributed by atoms with van der Waals surface area (Å²) < 4.78 is 16.4. The Labute approximate surface area is 156 Å². The molecule has 1 heterocycles. The fourth-order valence-corrected chi connectivity index (χ4v) is 2.73. The third-order valence-electron chi connectivity index (χ3n) is 4.12. The van der Waals surface area contributed by atoms with Crippen molar-refractivity contribution in [3.05, 3.63) is 53.6 Å². The molecule has 1 aliphatic heterocycles. The summed E-state index contributed by atoms with van der Waals surface area (Å²) in [4.78, 5) is 11.7. The van der Waals surface area contributed by atoms with Crippen LogP contribution < -0.4 is 9.47 Å². The van der Waals surface area contributed by atoms with Gasteiger partial charge in [0.05, 0.1) is 20.3 Å². The van der Waals surface area contributed by atoms with Crippen molar-refractivity contribution in [2.75, 3.05) is 20.3 Å². The van der Waals surface area contributed by atoms with E-state index in [1.807, 2.05) is 37.3 Å². The molecule has 0 aromatic heterocycles. The summed E-state index contributed by atoms with van der Waals surface area (Å²) in [5, 5.41) is 0. The summed E-state index contributed by atoms with van der Waals surface area (Å²) in [7, 11) is 1.65. The molecule has 4 nitrogen and oxygen atoms in total. The van der Waals surface area contributed by atoms with E-state index < -0.39 is 0 Å². The van der Waals surface area contributed by atoms with E-state index in [4.69, 9.17) is 14.2 Å². The van der Waals surface area contributed by atoms with Gasteiger partial charge in [-0.05, 0) is 42.7 Å². The van der Waals surface area contributed by atoms with Crippen molar-refractivity contribution in [2.24, 2.45) is 5.41 Å². The van der Waals surface area contributed by atoms with E-state index in [1.54, 1.807) is 20.1 Å². The highest BCUT2D eigenvalue weighted by Gasteiger charge is 2.23. The molecule has 0 fully saturated rings. The number of ether oxygens (including phenoxy) is 3. The molecule has 1 aromatic rings. The number of rotatable bonds is 6. The Balaban J connectivity index is 2.41. The van der Waals surface area contributed by atoms with Crippen molar-refractivity contribution in [1.29, 1.82) is 0 Å². The number of fused-ring (bicyclic) bond motifs is 1. The molecule has 0 aliphatic carbocycles. The van der Waals surface area contributed by atoms with Crippen molar-refractivity contribution in [1.82, 2.24) is 0 Å². The Morgan fingerprint density at radius 3 is 2.73 bits per heavy atom. The van der Waals surface area contributed by atoms with Crippen molar-refractivity contribution >= 4 is 11.5 Å². The lowest BCUT2D eigenvalue weighted by Gasteiger charge is -2.18. The summed E-state index contributed by atoms with van der Waals surface area (Å²) in [6, 6.07) is 5.82. The molecule has 0 unspecified atom stereocenters. The predicted molar refractivity (Wildman–Crippen MR) is 104 cm³/mol. The largest absolute Gasteiger partial charge is 0.497 e. The molecule has 0 saturated heterocycles. The average molecular weight is 356 g/mol. The Bertz CT molecular complexity index is 739. The summed E-state index contributed by atoms with van der Waals surface area (Å²) in [5.74, 6) is 1.30. The van der Waals surface area contributed by atoms with Gasteiger partial charge in [0.15, 0.2) is 0 Å². The molecule has 0 spiro atoms.